The van der Waals surface area contributed by atoms with Crippen molar-refractivity contribution in [3.8, 4) is 0 Å². The number of aldehydes is 1. The van der Waals surface area contributed by atoms with E-state index in [0.29, 0.717) is 6.61 Å². The molecule has 1 aromatic heterocycles. The first-order valence-corrected chi connectivity index (χ1v) is 7.00. The van der Waals surface area contributed by atoms with Gasteiger partial charge in [0.05, 0.1) is 6.61 Å². The van der Waals surface area contributed by atoms with Crippen molar-refractivity contribution in [1.82, 2.24) is 4.57 Å². The molecule has 0 aliphatic rings. The zero-order chi connectivity index (χ0) is 14.5. The van der Waals surface area contributed by atoms with E-state index in [1.807, 2.05) is 18.2 Å². The van der Waals surface area contributed by atoms with Crippen LogP contribution in [0.2, 0.25) is 0 Å². The number of ether oxygens (including phenoxy) is 1. The van der Waals surface area contributed by atoms with Crippen LogP contribution in [0, 0.1) is 0 Å². The van der Waals surface area contributed by atoms with Crippen LogP contribution in [-0.2, 0) is 22.7 Å². The highest BCUT2D eigenvalue weighted by molar-refractivity contribution is 5.83. The van der Waals surface area contributed by atoms with Gasteiger partial charge in [-0.25, -0.2) is 0 Å². The number of benzene rings is 2. The minimum Gasteiger partial charge on any atom is -0.369 e. The lowest BCUT2D eigenvalue weighted by atomic mass is 10.1. The third-order valence-corrected chi connectivity index (χ3v) is 3.54. The number of carbonyl (C=O) groups excluding carboxylic acids is 1. The molecule has 0 bridgehead atoms. The third-order valence-electron chi connectivity index (χ3n) is 3.54. The monoisotopic (exact) mass is 279 g/mol. The maximum atomic E-state index is 10.3. The molecule has 0 atom stereocenters. The van der Waals surface area contributed by atoms with E-state index in [4.69, 9.17) is 4.74 Å². The Balaban J connectivity index is 1.88. The third kappa shape index (κ3) is 3.03. The molecule has 0 saturated heterocycles. The Hall–Kier alpha value is -2.39. The van der Waals surface area contributed by atoms with E-state index in [2.05, 4.69) is 47.2 Å². The van der Waals surface area contributed by atoms with Crippen LogP contribution in [0.25, 0.3) is 10.9 Å². The largest absolute Gasteiger partial charge is 0.369 e. The molecule has 0 aliphatic heterocycles. The fourth-order valence-corrected chi connectivity index (χ4v) is 2.55. The first-order chi connectivity index (χ1) is 10.4. The Morgan fingerprint density at radius 3 is 2.67 bits per heavy atom. The minimum atomic E-state index is 0.140. The summed E-state index contributed by atoms with van der Waals surface area (Å²) < 4.78 is 7.56. The van der Waals surface area contributed by atoms with Gasteiger partial charge >= 0.3 is 0 Å². The van der Waals surface area contributed by atoms with Gasteiger partial charge in [0.25, 0.3) is 0 Å². The van der Waals surface area contributed by atoms with Crippen LogP contribution < -0.4 is 0 Å². The average Bonchev–Trinajstić information content (AvgIpc) is 2.93. The van der Waals surface area contributed by atoms with Gasteiger partial charge in [-0.3, -0.25) is 0 Å². The van der Waals surface area contributed by atoms with Crippen molar-refractivity contribution in [3.05, 3.63) is 71.9 Å². The van der Waals surface area contributed by atoms with E-state index in [1.54, 1.807) is 0 Å². The number of fused-ring (bicyclic) bond motifs is 1. The maximum absolute atomic E-state index is 10.3. The summed E-state index contributed by atoms with van der Waals surface area (Å²) in [6, 6.07) is 18.7. The molecule has 3 rings (SSSR count). The zero-order valence-electron chi connectivity index (χ0n) is 11.7. The van der Waals surface area contributed by atoms with Crippen LogP contribution in [0.5, 0.6) is 0 Å². The van der Waals surface area contributed by atoms with Gasteiger partial charge in [-0.15, -0.1) is 0 Å². The van der Waals surface area contributed by atoms with Gasteiger partial charge in [-0.2, -0.15) is 0 Å². The van der Waals surface area contributed by atoms with Crippen LogP contribution in [0.15, 0.2) is 60.8 Å². The molecule has 0 saturated carbocycles. The molecule has 3 heteroatoms. The van der Waals surface area contributed by atoms with E-state index in [9.17, 15) is 4.79 Å². The minimum absolute atomic E-state index is 0.140. The highest BCUT2D eigenvalue weighted by Gasteiger charge is 2.06. The Kier molecular flexibility index (Phi) is 4.12. The number of rotatable bonds is 6. The summed E-state index contributed by atoms with van der Waals surface area (Å²) in [5.74, 6) is 0. The fourth-order valence-electron chi connectivity index (χ4n) is 2.55. The molecule has 0 spiro atoms. The first-order valence-electron chi connectivity index (χ1n) is 7.00. The van der Waals surface area contributed by atoms with Crippen LogP contribution in [0.3, 0.4) is 0 Å². The van der Waals surface area contributed by atoms with Gasteiger partial charge in [0, 0.05) is 23.6 Å². The van der Waals surface area contributed by atoms with Crippen LogP contribution in [0.1, 0.15) is 11.1 Å². The molecule has 3 aromatic rings. The Bertz CT molecular complexity index is 731. The van der Waals surface area contributed by atoms with Crippen molar-refractivity contribution in [2.45, 2.75) is 13.2 Å². The summed E-state index contributed by atoms with van der Waals surface area (Å²) in [5.41, 5.74) is 3.57. The predicted molar refractivity (Wildman–Crippen MR) is 83.2 cm³/mol. The normalized spacial score (nSPS) is 10.9. The van der Waals surface area contributed by atoms with E-state index in [0.717, 1.165) is 18.4 Å². The van der Waals surface area contributed by atoms with Crippen molar-refractivity contribution >= 4 is 17.2 Å². The quantitative estimate of drug-likeness (QED) is 0.511. The van der Waals surface area contributed by atoms with E-state index >= 15 is 0 Å². The molecule has 0 N–H and O–H groups in total. The van der Waals surface area contributed by atoms with Gasteiger partial charge in [-0.05, 0) is 23.3 Å². The summed E-state index contributed by atoms with van der Waals surface area (Å²) in [5, 5.41) is 1.18. The molecule has 0 unspecified atom stereocenters. The second-order valence-electron chi connectivity index (χ2n) is 4.96. The van der Waals surface area contributed by atoms with Gasteiger partial charge in [0.15, 0.2) is 0 Å². The van der Waals surface area contributed by atoms with Crippen molar-refractivity contribution in [2.24, 2.45) is 0 Å². The molecule has 1 heterocycles. The maximum Gasteiger partial charge on any atom is 0.145 e. The smallest absolute Gasteiger partial charge is 0.145 e. The summed E-state index contributed by atoms with van der Waals surface area (Å²) in [4.78, 5) is 10.3. The summed E-state index contributed by atoms with van der Waals surface area (Å²) in [6.45, 7) is 1.45. The average molecular weight is 279 g/mol. The van der Waals surface area contributed by atoms with Crippen molar-refractivity contribution in [3.63, 3.8) is 0 Å². The topological polar surface area (TPSA) is 31.2 Å². The van der Waals surface area contributed by atoms with Crippen LogP contribution >= 0.6 is 0 Å². The second kappa shape index (κ2) is 6.37. The molecule has 0 amide bonds. The summed E-state index contributed by atoms with van der Waals surface area (Å²) >= 11 is 0. The van der Waals surface area contributed by atoms with E-state index < -0.39 is 0 Å². The molecule has 3 nitrogen and oxygen atoms in total. The zero-order valence-corrected chi connectivity index (χ0v) is 11.7. The SMILES string of the molecule is O=CCOCc1cccc2c1ccn2Cc1ccccc1. The molecule has 106 valence electrons. The number of nitrogens with zero attached hydrogens (tertiary/aromatic N) is 1. The van der Waals surface area contributed by atoms with Crippen LogP contribution in [-0.4, -0.2) is 17.5 Å². The molecule has 2 aromatic carbocycles. The number of hydrogen-bond donors (Lipinski definition) is 0. The van der Waals surface area contributed by atoms with Gasteiger partial charge in [-0.1, -0.05) is 42.5 Å². The van der Waals surface area contributed by atoms with Crippen molar-refractivity contribution in [2.75, 3.05) is 6.61 Å². The lowest BCUT2D eigenvalue weighted by Crippen LogP contribution is -1.99. The molecule has 0 fully saturated rings. The lowest BCUT2D eigenvalue weighted by Gasteiger charge is -2.07. The molecular formula is C18H17NO2. The first kappa shape index (κ1) is 13.6. The highest BCUT2D eigenvalue weighted by Crippen LogP contribution is 2.22. The van der Waals surface area contributed by atoms with Crippen molar-refractivity contribution in [1.29, 1.82) is 0 Å². The Morgan fingerprint density at radius 2 is 1.86 bits per heavy atom. The van der Waals surface area contributed by atoms with Crippen molar-refractivity contribution < 1.29 is 9.53 Å². The second-order valence-corrected chi connectivity index (χ2v) is 4.96. The molecular weight excluding hydrogens is 262 g/mol. The fraction of sp³-hybridized carbons (Fsp3) is 0.167. The van der Waals surface area contributed by atoms with Gasteiger partial charge < -0.3 is 14.1 Å². The van der Waals surface area contributed by atoms with Crippen LogP contribution in [0.4, 0.5) is 0 Å². The summed E-state index contributed by atoms with van der Waals surface area (Å²) in [7, 11) is 0. The lowest BCUT2D eigenvalue weighted by molar-refractivity contribution is -0.112. The standard InChI is InChI=1S/C18H17NO2/c20-11-12-21-14-16-7-4-8-18-17(16)9-10-19(18)13-15-5-2-1-3-6-15/h1-11H,12-14H2. The molecule has 21 heavy (non-hydrogen) atoms. The predicted octanol–water partition coefficient (Wildman–Crippen LogP) is 3.41. The van der Waals surface area contributed by atoms with Gasteiger partial charge in [0.1, 0.15) is 12.9 Å². The number of hydrogen-bond acceptors (Lipinski definition) is 2. The number of carbonyl (C=O) groups is 1. The molecule has 0 radical (unpaired) electrons. The Morgan fingerprint density at radius 1 is 1.00 bits per heavy atom. The molecule has 0 aliphatic carbocycles. The summed E-state index contributed by atoms with van der Waals surface area (Å²) in [6.07, 6.45) is 2.88. The van der Waals surface area contributed by atoms with E-state index in [-0.39, 0.29) is 6.61 Å². The van der Waals surface area contributed by atoms with Gasteiger partial charge in [0.2, 0.25) is 0 Å². The number of aromatic nitrogens is 1. The Labute approximate surface area is 123 Å². The highest BCUT2D eigenvalue weighted by atomic mass is 16.5. The van der Waals surface area contributed by atoms with E-state index in [1.165, 1.54) is 16.5 Å².